The predicted molar refractivity (Wildman–Crippen MR) is 149 cm³/mol. The lowest BCUT2D eigenvalue weighted by Crippen LogP contribution is -2.44. The Morgan fingerprint density at radius 3 is 1.67 bits per heavy atom. The van der Waals surface area contributed by atoms with Gasteiger partial charge in [0.05, 0.1) is 19.6 Å². The molecule has 0 radical (unpaired) electrons. The zero-order valence-corrected chi connectivity index (χ0v) is 24.8. The van der Waals surface area contributed by atoms with Gasteiger partial charge in [0.2, 0.25) is 53.2 Å². The first-order valence-corrected chi connectivity index (χ1v) is 14.3. The zero-order valence-electron chi connectivity index (χ0n) is 24.8. The van der Waals surface area contributed by atoms with Crippen molar-refractivity contribution in [2.45, 2.75) is 52.9 Å². The Hall–Kier alpha value is -4.37. The maximum Gasteiger partial charge on any atom is 0.239 e. The Balaban J connectivity index is 1.48. The number of carbonyl (C=O) groups is 9. The Labute approximate surface area is 249 Å². The van der Waals surface area contributed by atoms with Crippen LogP contribution in [-0.2, 0) is 43.2 Å². The first-order valence-electron chi connectivity index (χ1n) is 14.3. The van der Waals surface area contributed by atoms with E-state index in [0.717, 1.165) is 4.90 Å². The number of imide groups is 2. The highest BCUT2D eigenvalue weighted by Crippen LogP contribution is 2.26. The normalized spacial score (nSPS) is 18.2. The lowest BCUT2D eigenvalue weighted by molar-refractivity contribution is -0.141. The topological polar surface area (TPSA) is 220 Å². The molecule has 238 valence electrons. The van der Waals surface area contributed by atoms with Crippen LogP contribution in [0.25, 0.3) is 0 Å². The second-order valence-corrected chi connectivity index (χ2v) is 10.8. The van der Waals surface area contributed by atoms with Crippen molar-refractivity contribution in [2.24, 2.45) is 17.8 Å². The van der Waals surface area contributed by atoms with Gasteiger partial charge >= 0.3 is 0 Å². The Kier molecular flexibility index (Phi) is 13.7. The largest absolute Gasteiger partial charge is 0.354 e. The molecule has 0 aromatic rings. The molecule has 2 heterocycles. The van der Waals surface area contributed by atoms with Crippen LogP contribution in [0.5, 0.6) is 0 Å². The molecule has 0 aromatic heterocycles. The number of carbonyl (C=O) groups excluding carboxylic acids is 9. The molecule has 16 heteroatoms. The minimum Gasteiger partial charge on any atom is -0.354 e. The fraction of sp³-hybridized carbons (Fsp3) is 0.667. The van der Waals surface area contributed by atoms with Crippen molar-refractivity contribution in [3.05, 3.63) is 0 Å². The number of likely N-dealkylation sites (tertiary alicyclic amines) is 2. The van der Waals surface area contributed by atoms with Crippen molar-refractivity contribution in [1.82, 2.24) is 36.4 Å². The quantitative estimate of drug-likeness (QED) is 0.107. The van der Waals surface area contributed by atoms with E-state index in [1.807, 2.05) is 13.8 Å². The fourth-order valence-electron chi connectivity index (χ4n) is 4.47. The fourth-order valence-corrected chi connectivity index (χ4v) is 4.47. The molecule has 16 nitrogen and oxygen atoms in total. The van der Waals surface area contributed by atoms with Crippen molar-refractivity contribution in [3.63, 3.8) is 0 Å². The van der Waals surface area contributed by atoms with Crippen molar-refractivity contribution >= 4 is 53.2 Å². The van der Waals surface area contributed by atoms with E-state index in [1.165, 1.54) is 4.90 Å². The summed E-state index contributed by atoms with van der Waals surface area (Å²) in [7, 11) is 0. The lowest BCUT2D eigenvalue weighted by Gasteiger charge is -2.16. The molecular weight excluding hydrogens is 566 g/mol. The molecule has 2 rings (SSSR count). The monoisotopic (exact) mass is 607 g/mol. The number of nitrogens with zero attached hydrogens (tertiary/aromatic N) is 2. The Morgan fingerprint density at radius 2 is 1.14 bits per heavy atom. The summed E-state index contributed by atoms with van der Waals surface area (Å²) in [6.07, 6.45) is 0.555. The first-order chi connectivity index (χ1) is 20.3. The summed E-state index contributed by atoms with van der Waals surface area (Å²) in [6.45, 7) is 4.54. The smallest absolute Gasteiger partial charge is 0.239 e. The van der Waals surface area contributed by atoms with Crippen LogP contribution in [0, 0.1) is 17.8 Å². The van der Waals surface area contributed by atoms with Crippen LogP contribution in [0.2, 0.25) is 0 Å². The van der Waals surface area contributed by atoms with Crippen LogP contribution in [0.1, 0.15) is 52.9 Å². The van der Waals surface area contributed by atoms with Gasteiger partial charge in [0.1, 0.15) is 0 Å². The molecule has 0 bridgehead atoms. The molecule has 0 spiro atoms. The van der Waals surface area contributed by atoms with Crippen LogP contribution in [0.4, 0.5) is 0 Å². The third-order valence-corrected chi connectivity index (χ3v) is 7.01. The molecule has 0 saturated carbocycles. The average molecular weight is 608 g/mol. The summed E-state index contributed by atoms with van der Waals surface area (Å²) in [4.78, 5) is 110. The Morgan fingerprint density at radius 1 is 0.651 bits per heavy atom. The summed E-state index contributed by atoms with van der Waals surface area (Å²) in [6, 6.07) is 0. The summed E-state index contributed by atoms with van der Waals surface area (Å²) in [5, 5.41) is 12.0. The molecule has 43 heavy (non-hydrogen) atoms. The first kappa shape index (κ1) is 34.8. The number of hydrogen-bond donors (Lipinski definition) is 5. The van der Waals surface area contributed by atoms with E-state index < -0.39 is 30.2 Å². The number of hydrogen-bond acceptors (Lipinski definition) is 9. The molecule has 0 aromatic carbocycles. The second kappa shape index (κ2) is 16.9. The highest BCUT2D eigenvalue weighted by molar-refractivity contribution is 6.04. The van der Waals surface area contributed by atoms with Gasteiger partial charge in [-0.2, -0.15) is 0 Å². The molecule has 2 fully saturated rings. The summed E-state index contributed by atoms with van der Waals surface area (Å²) in [5.74, 6) is -4.31. The van der Waals surface area contributed by atoms with E-state index in [-0.39, 0.29) is 119 Å². The minimum absolute atomic E-state index is 0.00130. The predicted octanol–water partition coefficient (Wildman–Crippen LogP) is -2.84. The molecule has 5 N–H and O–H groups in total. The summed E-state index contributed by atoms with van der Waals surface area (Å²) >= 11 is 0. The molecule has 9 amide bonds. The molecule has 2 aliphatic rings. The van der Waals surface area contributed by atoms with Crippen LogP contribution in [0.15, 0.2) is 0 Å². The maximum atomic E-state index is 12.3. The van der Waals surface area contributed by atoms with E-state index in [9.17, 15) is 43.2 Å². The van der Waals surface area contributed by atoms with Gasteiger partial charge in [-0.3, -0.25) is 53.0 Å². The van der Waals surface area contributed by atoms with Crippen LogP contribution in [-0.4, -0.2) is 109 Å². The van der Waals surface area contributed by atoms with Gasteiger partial charge < -0.3 is 26.6 Å². The third kappa shape index (κ3) is 11.4. The highest BCUT2D eigenvalue weighted by atomic mass is 16.2. The van der Waals surface area contributed by atoms with E-state index in [1.54, 1.807) is 6.92 Å². The van der Waals surface area contributed by atoms with Crippen molar-refractivity contribution in [2.75, 3.05) is 45.8 Å². The molecule has 2 aliphatic heterocycles. The number of amides is 9. The van der Waals surface area contributed by atoms with Crippen molar-refractivity contribution in [1.29, 1.82) is 0 Å². The standard InChI is InChI=1S/C27H41N7O9/c1-16(2)18-12-25(41)33(27(18)43)9-4-5-19(35)30-14-22(38)32-15-23(39)31-13-21(37)28-7-6-20(36)29-8-10-34-24(40)11-17(3)26(34)42/h16-18H,4-15H2,1-3H3,(H,28,37)(H,29,36)(H,30,35)(H,31,39)(H,32,38). The van der Waals surface area contributed by atoms with Gasteiger partial charge in [0.15, 0.2) is 0 Å². The number of nitrogens with one attached hydrogen (secondary N) is 5. The molecule has 2 saturated heterocycles. The average Bonchev–Trinajstić information content (AvgIpc) is 3.37. The van der Waals surface area contributed by atoms with Crippen molar-refractivity contribution in [3.8, 4) is 0 Å². The molecule has 0 aliphatic carbocycles. The van der Waals surface area contributed by atoms with E-state index >= 15 is 0 Å². The maximum absolute atomic E-state index is 12.3. The summed E-state index contributed by atoms with van der Waals surface area (Å²) < 4.78 is 0. The van der Waals surface area contributed by atoms with Gasteiger partial charge in [0.25, 0.3) is 0 Å². The van der Waals surface area contributed by atoms with E-state index in [4.69, 9.17) is 0 Å². The van der Waals surface area contributed by atoms with Crippen LogP contribution < -0.4 is 26.6 Å². The van der Waals surface area contributed by atoms with Crippen LogP contribution in [0.3, 0.4) is 0 Å². The van der Waals surface area contributed by atoms with Gasteiger partial charge in [-0.1, -0.05) is 20.8 Å². The van der Waals surface area contributed by atoms with Gasteiger partial charge in [-0.25, -0.2) is 0 Å². The zero-order chi connectivity index (χ0) is 32.1. The van der Waals surface area contributed by atoms with Crippen LogP contribution >= 0.6 is 0 Å². The van der Waals surface area contributed by atoms with E-state index in [2.05, 4.69) is 26.6 Å². The van der Waals surface area contributed by atoms with Gasteiger partial charge in [-0.15, -0.1) is 0 Å². The second-order valence-electron chi connectivity index (χ2n) is 10.8. The third-order valence-electron chi connectivity index (χ3n) is 7.01. The van der Waals surface area contributed by atoms with Gasteiger partial charge in [-0.05, 0) is 12.3 Å². The van der Waals surface area contributed by atoms with E-state index in [0.29, 0.717) is 0 Å². The minimum atomic E-state index is -0.646. The molecular formula is C27H41N7O9. The molecule has 2 atom stereocenters. The highest BCUT2D eigenvalue weighted by Gasteiger charge is 2.39. The number of rotatable bonds is 17. The van der Waals surface area contributed by atoms with Crippen molar-refractivity contribution < 1.29 is 43.2 Å². The SMILES string of the molecule is CC1CC(=O)N(CCNC(=O)CCNC(=O)CNC(=O)CNC(=O)CNC(=O)CCCN2C(=O)CC(C(C)C)C2=O)C1=O. The summed E-state index contributed by atoms with van der Waals surface area (Å²) in [5.41, 5.74) is 0. The lowest BCUT2D eigenvalue weighted by atomic mass is 9.94. The van der Waals surface area contributed by atoms with Gasteiger partial charge in [0, 0.05) is 63.7 Å². The Bertz CT molecular complexity index is 1120. The molecule has 2 unspecified atom stereocenters.